The summed E-state index contributed by atoms with van der Waals surface area (Å²) < 4.78 is 9.65. The molecule has 0 aliphatic heterocycles. The second kappa shape index (κ2) is 17.3. The Morgan fingerprint density at radius 2 is 1.62 bits per heavy atom. The number of esters is 2. The summed E-state index contributed by atoms with van der Waals surface area (Å²) >= 11 is 0. The fraction of sp³-hybridized carbons (Fsp3) is 0.320. The molecule has 0 saturated heterocycles. The van der Waals surface area contributed by atoms with Crippen molar-refractivity contribution in [1.82, 2.24) is 0 Å². The number of unbranched alkanes of at least 4 members (excludes halogenated alkanes) is 1. The first kappa shape index (κ1) is 28.5. The SMILES string of the molecule is C=C(C)C(=O)OCCO.CCCCOC(=O)C(C=Cc1ccccc1)=CC=C(C)C(=O)O. The number of rotatable bonds is 11. The average molecular weight is 445 g/mol. The summed E-state index contributed by atoms with van der Waals surface area (Å²) in [5.41, 5.74) is 1.75. The predicted octanol–water partition coefficient (Wildman–Crippen LogP) is 4.10. The Balaban J connectivity index is 0.000000900. The van der Waals surface area contributed by atoms with Crippen LogP contribution in [0.3, 0.4) is 0 Å². The standard InChI is InChI=1S/C19H22O4.C6H10O3/c1-3-4-14-23-19(22)17(12-10-15(2)18(20)21)13-11-16-8-6-5-7-9-16;1-5(2)6(8)9-4-3-7/h5-13H,3-4,14H2,1-2H3,(H,20,21);7H,1,3-4H2,2H3. The van der Waals surface area contributed by atoms with Gasteiger partial charge < -0.3 is 19.7 Å². The molecule has 0 aliphatic rings. The fourth-order valence-electron chi connectivity index (χ4n) is 1.88. The maximum atomic E-state index is 12.1. The van der Waals surface area contributed by atoms with E-state index in [1.54, 1.807) is 19.1 Å². The van der Waals surface area contributed by atoms with Crippen molar-refractivity contribution in [3.63, 3.8) is 0 Å². The smallest absolute Gasteiger partial charge is 0.338 e. The van der Waals surface area contributed by atoms with Gasteiger partial charge in [0.1, 0.15) is 6.61 Å². The van der Waals surface area contributed by atoms with E-state index in [-0.39, 0.29) is 18.8 Å². The van der Waals surface area contributed by atoms with Gasteiger partial charge in [0, 0.05) is 11.1 Å². The van der Waals surface area contributed by atoms with Crippen molar-refractivity contribution in [2.45, 2.75) is 33.6 Å². The van der Waals surface area contributed by atoms with Crippen LogP contribution in [0.15, 0.2) is 71.9 Å². The van der Waals surface area contributed by atoms with Crippen molar-refractivity contribution in [2.75, 3.05) is 19.8 Å². The van der Waals surface area contributed by atoms with Gasteiger partial charge in [0.05, 0.1) is 18.8 Å². The number of ether oxygens (including phenoxy) is 2. The first-order valence-electron chi connectivity index (χ1n) is 10.2. The molecule has 0 unspecified atom stereocenters. The van der Waals surface area contributed by atoms with Crippen LogP contribution < -0.4 is 0 Å². The molecular formula is C25H32O7. The van der Waals surface area contributed by atoms with E-state index in [4.69, 9.17) is 14.9 Å². The van der Waals surface area contributed by atoms with Gasteiger partial charge in [-0.2, -0.15) is 0 Å². The summed E-state index contributed by atoms with van der Waals surface area (Å²) in [6.45, 7) is 8.65. The van der Waals surface area contributed by atoms with Gasteiger partial charge in [-0.25, -0.2) is 14.4 Å². The number of aliphatic hydroxyl groups excluding tert-OH is 1. The number of aliphatic hydroxyl groups is 1. The number of aliphatic carboxylic acids is 1. The zero-order valence-electron chi connectivity index (χ0n) is 18.9. The van der Waals surface area contributed by atoms with Crippen molar-refractivity contribution in [3.8, 4) is 0 Å². The molecule has 0 spiro atoms. The Morgan fingerprint density at radius 1 is 1.00 bits per heavy atom. The molecule has 1 aromatic carbocycles. The Labute approximate surface area is 189 Å². The predicted molar refractivity (Wildman–Crippen MR) is 124 cm³/mol. The molecule has 0 radical (unpaired) electrons. The highest BCUT2D eigenvalue weighted by Gasteiger charge is 2.08. The molecule has 7 heteroatoms. The van der Waals surface area contributed by atoms with Gasteiger partial charge in [-0.1, -0.05) is 62.4 Å². The van der Waals surface area contributed by atoms with E-state index in [2.05, 4.69) is 11.3 Å². The second-order valence-corrected chi connectivity index (χ2v) is 6.65. The maximum Gasteiger partial charge on any atom is 0.338 e. The van der Waals surface area contributed by atoms with Crippen LogP contribution in [0.1, 0.15) is 39.2 Å². The normalized spacial score (nSPS) is 11.4. The number of hydrogen-bond acceptors (Lipinski definition) is 6. The Bertz CT molecular complexity index is 833. The third-order valence-corrected chi connectivity index (χ3v) is 3.74. The molecule has 0 saturated carbocycles. The van der Waals surface area contributed by atoms with Gasteiger partial charge >= 0.3 is 17.9 Å². The van der Waals surface area contributed by atoms with Gasteiger partial charge in [-0.15, -0.1) is 0 Å². The summed E-state index contributed by atoms with van der Waals surface area (Å²) in [6, 6.07) is 9.53. The lowest BCUT2D eigenvalue weighted by Crippen LogP contribution is -2.08. The molecule has 0 amide bonds. The highest BCUT2D eigenvalue weighted by molar-refractivity contribution is 5.94. The lowest BCUT2D eigenvalue weighted by atomic mass is 10.1. The summed E-state index contributed by atoms with van der Waals surface area (Å²) in [6.07, 6.45) is 8.02. The van der Waals surface area contributed by atoms with Crippen LogP contribution in [0, 0.1) is 0 Å². The zero-order chi connectivity index (χ0) is 24.4. The Morgan fingerprint density at radius 3 is 2.16 bits per heavy atom. The first-order valence-corrected chi connectivity index (χ1v) is 10.2. The molecule has 0 fully saturated rings. The van der Waals surface area contributed by atoms with Crippen LogP contribution in [0.4, 0.5) is 0 Å². The van der Waals surface area contributed by atoms with Crippen LogP contribution in [0.25, 0.3) is 6.08 Å². The lowest BCUT2D eigenvalue weighted by Gasteiger charge is -2.04. The van der Waals surface area contributed by atoms with E-state index in [0.717, 1.165) is 18.4 Å². The van der Waals surface area contributed by atoms with Gasteiger partial charge in [0.25, 0.3) is 0 Å². The largest absolute Gasteiger partial charge is 0.478 e. The Hall–Kier alpha value is -3.45. The van der Waals surface area contributed by atoms with Gasteiger partial charge in [-0.05, 0) is 38.0 Å². The van der Waals surface area contributed by atoms with Gasteiger partial charge in [0.2, 0.25) is 0 Å². The fourth-order valence-corrected chi connectivity index (χ4v) is 1.88. The number of carbonyl (C=O) groups excluding carboxylic acids is 2. The number of carbonyl (C=O) groups is 3. The summed E-state index contributed by atoms with van der Waals surface area (Å²) in [4.78, 5) is 33.4. The summed E-state index contributed by atoms with van der Waals surface area (Å²) in [5.74, 6) is -1.93. The number of hydrogen-bond donors (Lipinski definition) is 2. The molecule has 2 N–H and O–H groups in total. The molecule has 1 rings (SSSR count). The van der Waals surface area contributed by atoms with E-state index in [1.165, 1.54) is 19.1 Å². The second-order valence-electron chi connectivity index (χ2n) is 6.65. The molecule has 0 aromatic heterocycles. The van der Waals surface area contributed by atoms with Crippen molar-refractivity contribution < 1.29 is 34.1 Å². The summed E-state index contributed by atoms with van der Waals surface area (Å²) in [5, 5.41) is 17.1. The van der Waals surface area contributed by atoms with Crippen molar-refractivity contribution in [2.24, 2.45) is 0 Å². The zero-order valence-corrected chi connectivity index (χ0v) is 18.9. The monoisotopic (exact) mass is 444 g/mol. The molecule has 32 heavy (non-hydrogen) atoms. The van der Waals surface area contributed by atoms with E-state index in [0.29, 0.717) is 17.8 Å². The molecule has 7 nitrogen and oxygen atoms in total. The summed E-state index contributed by atoms with van der Waals surface area (Å²) in [7, 11) is 0. The molecule has 0 atom stereocenters. The molecule has 1 aromatic rings. The van der Waals surface area contributed by atoms with E-state index >= 15 is 0 Å². The van der Waals surface area contributed by atoms with E-state index < -0.39 is 17.9 Å². The molecule has 0 aliphatic carbocycles. The van der Waals surface area contributed by atoms with Crippen LogP contribution in [-0.2, 0) is 23.9 Å². The quantitative estimate of drug-likeness (QED) is 0.229. The minimum atomic E-state index is -1.02. The first-order chi connectivity index (χ1) is 15.2. The van der Waals surface area contributed by atoms with Crippen LogP contribution in [-0.4, -0.2) is 47.9 Å². The lowest BCUT2D eigenvalue weighted by molar-refractivity contribution is -0.140. The minimum Gasteiger partial charge on any atom is -0.478 e. The third kappa shape index (κ3) is 13.7. The van der Waals surface area contributed by atoms with Crippen molar-refractivity contribution in [1.29, 1.82) is 0 Å². The van der Waals surface area contributed by atoms with E-state index in [1.807, 2.05) is 37.3 Å². The van der Waals surface area contributed by atoms with Crippen molar-refractivity contribution in [3.05, 3.63) is 77.4 Å². The van der Waals surface area contributed by atoms with Crippen molar-refractivity contribution >= 4 is 24.0 Å². The molecule has 0 heterocycles. The molecular weight excluding hydrogens is 412 g/mol. The van der Waals surface area contributed by atoms with Crippen LogP contribution in [0.2, 0.25) is 0 Å². The number of benzene rings is 1. The highest BCUT2D eigenvalue weighted by atomic mass is 16.5. The van der Waals surface area contributed by atoms with E-state index in [9.17, 15) is 14.4 Å². The number of carboxylic acids is 1. The number of carboxylic acid groups (broad SMARTS) is 1. The van der Waals surface area contributed by atoms with Crippen LogP contribution in [0.5, 0.6) is 0 Å². The highest BCUT2D eigenvalue weighted by Crippen LogP contribution is 2.09. The maximum absolute atomic E-state index is 12.1. The average Bonchev–Trinajstić information content (AvgIpc) is 2.78. The molecule has 0 bridgehead atoms. The van der Waals surface area contributed by atoms with Gasteiger partial charge in [-0.3, -0.25) is 0 Å². The third-order valence-electron chi connectivity index (χ3n) is 3.74. The Kier molecular flexibility index (Phi) is 15.4. The molecule has 174 valence electrons. The van der Waals surface area contributed by atoms with Crippen LogP contribution >= 0.6 is 0 Å². The topological polar surface area (TPSA) is 110 Å². The minimum absolute atomic E-state index is 0.0473. The van der Waals surface area contributed by atoms with Gasteiger partial charge in [0.15, 0.2) is 0 Å². The number of allylic oxidation sites excluding steroid dienone is 2.